The molecule has 11 nitrogen and oxygen atoms in total. The molecule has 1 saturated heterocycles. The van der Waals surface area contributed by atoms with Crippen LogP contribution in [0.5, 0.6) is 0 Å². The Morgan fingerprint density at radius 3 is 2.63 bits per heavy atom. The summed E-state index contributed by atoms with van der Waals surface area (Å²) >= 11 is 3.42. The minimum Gasteiger partial charge on any atom is -0.475 e. The number of aryl methyl sites for hydroxylation is 1. The molecule has 2 fully saturated rings. The molecule has 0 amide bonds. The van der Waals surface area contributed by atoms with Gasteiger partial charge in [0.1, 0.15) is 35.3 Å². The molecule has 2 aliphatic rings. The van der Waals surface area contributed by atoms with Crippen molar-refractivity contribution in [1.29, 1.82) is 0 Å². The Morgan fingerprint density at radius 2 is 1.95 bits per heavy atom. The molecule has 218 valence electrons. The largest absolute Gasteiger partial charge is 0.490 e. The Balaban J connectivity index is 0.000000431. The summed E-state index contributed by atoms with van der Waals surface area (Å²) in [6, 6.07) is 8.07. The number of carbonyl (C=O) groups is 1. The van der Waals surface area contributed by atoms with Crippen molar-refractivity contribution in [1.82, 2.24) is 19.5 Å². The van der Waals surface area contributed by atoms with E-state index in [9.17, 15) is 23.4 Å². The number of carboxylic acids is 1. The van der Waals surface area contributed by atoms with Crippen molar-refractivity contribution in [2.45, 2.75) is 56.4 Å². The second-order valence-electron chi connectivity index (χ2n) is 10.2. The first kappa shape index (κ1) is 29.0. The normalized spacial score (nSPS) is 25.7. The standard InChI is InChI=1S/C24H25BrN6O3.C2HF3O2/c1-11-9-31(22-17(11)21(27)28-10-29-22)23-18(32)24(33)5-4-14(19(24)34-23)6-12-2-3-13-8-15(25)20(26)30-16(13)7-12;3-2(4,5)1(6)7/h2-3,7-10,14,18-19,23,32-33H,4-6H2,1H3,(H2,26,30)(H2,27,28,29);(H,6,7)/t14-,18-,19+,23+,24-;/m0./s1. The number of rotatable bonds is 3. The van der Waals surface area contributed by atoms with E-state index in [0.29, 0.717) is 30.1 Å². The molecule has 1 aliphatic carbocycles. The van der Waals surface area contributed by atoms with E-state index in [2.05, 4.69) is 36.9 Å². The van der Waals surface area contributed by atoms with Crippen LogP contribution in [0.1, 0.15) is 30.2 Å². The number of halogens is 4. The van der Waals surface area contributed by atoms with Crippen molar-refractivity contribution in [3.05, 3.63) is 52.4 Å². The molecule has 0 radical (unpaired) electrons. The number of nitrogen functional groups attached to an aromatic ring is 2. The second-order valence-corrected chi connectivity index (χ2v) is 11.1. The van der Waals surface area contributed by atoms with E-state index in [0.717, 1.165) is 38.3 Å². The second kappa shape index (κ2) is 10.4. The van der Waals surface area contributed by atoms with Crippen LogP contribution >= 0.6 is 15.9 Å². The van der Waals surface area contributed by atoms with E-state index < -0.39 is 36.2 Å². The SMILES string of the molecule is Cc1cn([C@@H]2O[C@@H]3[C@H](Cc4ccc5cc(Br)c(N)nc5c4)CC[C@]3(O)[C@H]2O)c2ncnc(N)c12.O=C(O)C(F)(F)F. The fraction of sp³-hybridized carbons (Fsp3) is 0.385. The fourth-order valence-electron chi connectivity index (χ4n) is 5.69. The number of pyridine rings is 1. The van der Waals surface area contributed by atoms with E-state index in [1.165, 1.54) is 6.33 Å². The molecule has 6 rings (SSSR count). The van der Waals surface area contributed by atoms with E-state index in [1.54, 1.807) is 4.57 Å². The van der Waals surface area contributed by atoms with Crippen molar-refractivity contribution in [2.24, 2.45) is 5.92 Å². The van der Waals surface area contributed by atoms with Gasteiger partial charge in [-0.2, -0.15) is 13.2 Å². The molecule has 4 heterocycles. The third-order valence-electron chi connectivity index (χ3n) is 7.61. The average Bonchev–Trinajstić information content (AvgIpc) is 3.49. The van der Waals surface area contributed by atoms with Gasteiger partial charge in [0.25, 0.3) is 0 Å². The predicted octanol–water partition coefficient (Wildman–Crippen LogP) is 3.49. The van der Waals surface area contributed by atoms with E-state index in [1.807, 2.05) is 31.3 Å². The Hall–Kier alpha value is -3.53. The highest BCUT2D eigenvalue weighted by molar-refractivity contribution is 9.10. The first-order valence-corrected chi connectivity index (χ1v) is 13.3. The number of hydrogen-bond acceptors (Lipinski definition) is 9. The zero-order chi connectivity index (χ0) is 29.9. The van der Waals surface area contributed by atoms with Crippen LogP contribution in [0, 0.1) is 12.8 Å². The molecule has 0 spiro atoms. The lowest BCUT2D eigenvalue weighted by molar-refractivity contribution is -0.192. The van der Waals surface area contributed by atoms with Gasteiger partial charge in [0.2, 0.25) is 0 Å². The molecule has 0 unspecified atom stereocenters. The van der Waals surface area contributed by atoms with Gasteiger partial charge in [0.05, 0.1) is 21.5 Å². The van der Waals surface area contributed by atoms with Gasteiger partial charge in [-0.3, -0.25) is 0 Å². The number of alkyl halides is 3. The highest BCUT2D eigenvalue weighted by Crippen LogP contribution is 2.51. The van der Waals surface area contributed by atoms with Crippen LogP contribution in [0.15, 0.2) is 41.3 Å². The maximum Gasteiger partial charge on any atom is 0.490 e. The van der Waals surface area contributed by atoms with Crippen LogP contribution < -0.4 is 11.5 Å². The van der Waals surface area contributed by atoms with Gasteiger partial charge in [-0.1, -0.05) is 12.1 Å². The zero-order valence-corrected chi connectivity index (χ0v) is 23.1. The van der Waals surface area contributed by atoms with Crippen LogP contribution in [0.3, 0.4) is 0 Å². The Labute approximate surface area is 239 Å². The highest BCUT2D eigenvalue weighted by atomic mass is 79.9. The highest BCUT2D eigenvalue weighted by Gasteiger charge is 2.61. The van der Waals surface area contributed by atoms with Crippen LogP contribution in [0.2, 0.25) is 0 Å². The number of benzene rings is 1. The van der Waals surface area contributed by atoms with Crippen LogP contribution in [0.4, 0.5) is 24.8 Å². The zero-order valence-electron chi connectivity index (χ0n) is 21.5. The van der Waals surface area contributed by atoms with E-state index in [4.69, 9.17) is 26.1 Å². The van der Waals surface area contributed by atoms with Gasteiger partial charge in [0.15, 0.2) is 6.23 Å². The number of aliphatic hydroxyl groups excluding tert-OH is 1. The summed E-state index contributed by atoms with van der Waals surface area (Å²) < 4.78 is 40.6. The molecule has 3 aromatic heterocycles. The molecule has 1 saturated carbocycles. The first-order valence-electron chi connectivity index (χ1n) is 12.5. The first-order chi connectivity index (χ1) is 19.2. The number of ether oxygens (including phenoxy) is 1. The molecule has 41 heavy (non-hydrogen) atoms. The summed E-state index contributed by atoms with van der Waals surface area (Å²) in [6.07, 6.45) is -2.31. The smallest absolute Gasteiger partial charge is 0.475 e. The van der Waals surface area contributed by atoms with Gasteiger partial charge in [0, 0.05) is 11.6 Å². The third kappa shape index (κ3) is 5.18. The summed E-state index contributed by atoms with van der Waals surface area (Å²) in [6.45, 7) is 1.91. The lowest BCUT2D eigenvalue weighted by Crippen LogP contribution is -2.45. The summed E-state index contributed by atoms with van der Waals surface area (Å²) in [4.78, 5) is 21.8. The molecule has 1 aliphatic heterocycles. The molecule has 7 N–H and O–H groups in total. The van der Waals surface area contributed by atoms with Crippen molar-refractivity contribution in [3.8, 4) is 0 Å². The quantitative estimate of drug-likeness (QED) is 0.223. The fourth-order valence-corrected chi connectivity index (χ4v) is 6.02. The number of nitrogens with two attached hydrogens (primary N) is 2. The van der Waals surface area contributed by atoms with E-state index >= 15 is 0 Å². The Morgan fingerprint density at radius 1 is 1.24 bits per heavy atom. The van der Waals surface area contributed by atoms with Gasteiger partial charge < -0.3 is 36.1 Å². The van der Waals surface area contributed by atoms with Gasteiger partial charge in [-0.25, -0.2) is 19.7 Å². The van der Waals surface area contributed by atoms with Crippen molar-refractivity contribution in [3.63, 3.8) is 0 Å². The number of aromatic nitrogens is 4. The summed E-state index contributed by atoms with van der Waals surface area (Å²) in [5.74, 6) is -1.89. The Kier molecular flexibility index (Phi) is 7.34. The minimum absolute atomic E-state index is 0.0394. The number of aliphatic carboxylic acids is 1. The monoisotopic (exact) mass is 638 g/mol. The summed E-state index contributed by atoms with van der Waals surface area (Å²) in [5, 5.41) is 31.5. The number of hydrogen-bond donors (Lipinski definition) is 5. The number of anilines is 2. The number of nitrogens with zero attached hydrogens (tertiary/aromatic N) is 4. The number of carboxylic acid groups (broad SMARTS) is 1. The number of aliphatic hydroxyl groups is 2. The third-order valence-corrected chi connectivity index (χ3v) is 8.25. The Bertz CT molecular complexity index is 1650. The lowest BCUT2D eigenvalue weighted by atomic mass is 9.90. The molecular formula is C26H26BrF3N6O5. The molecule has 0 bridgehead atoms. The minimum atomic E-state index is -5.08. The van der Waals surface area contributed by atoms with Crippen LogP contribution in [-0.4, -0.2) is 64.8 Å². The van der Waals surface area contributed by atoms with Gasteiger partial charge in [-0.05, 0) is 71.3 Å². The van der Waals surface area contributed by atoms with Gasteiger partial charge in [-0.15, -0.1) is 0 Å². The van der Waals surface area contributed by atoms with Crippen LogP contribution in [0.25, 0.3) is 21.9 Å². The molecule has 1 aromatic carbocycles. The molecule has 4 aromatic rings. The molecular weight excluding hydrogens is 613 g/mol. The van der Waals surface area contributed by atoms with Crippen molar-refractivity contribution >= 4 is 55.5 Å². The predicted molar refractivity (Wildman–Crippen MR) is 146 cm³/mol. The van der Waals surface area contributed by atoms with Crippen molar-refractivity contribution < 1.29 is 38.0 Å². The number of fused-ring (bicyclic) bond motifs is 3. The lowest BCUT2D eigenvalue weighted by Gasteiger charge is -2.26. The van der Waals surface area contributed by atoms with Gasteiger partial charge >= 0.3 is 12.1 Å². The van der Waals surface area contributed by atoms with E-state index in [-0.39, 0.29) is 5.92 Å². The summed E-state index contributed by atoms with van der Waals surface area (Å²) in [7, 11) is 0. The maximum absolute atomic E-state index is 11.5. The molecule has 15 heteroatoms. The van der Waals surface area contributed by atoms with Crippen LogP contribution in [-0.2, 0) is 16.0 Å². The topological polar surface area (TPSA) is 183 Å². The maximum atomic E-state index is 11.5. The van der Waals surface area contributed by atoms with Crippen molar-refractivity contribution in [2.75, 3.05) is 11.5 Å². The molecule has 5 atom stereocenters. The average molecular weight is 639 g/mol. The summed E-state index contributed by atoms with van der Waals surface area (Å²) in [5.41, 5.74) is 14.1.